The van der Waals surface area contributed by atoms with Crippen molar-refractivity contribution in [3.8, 4) is 0 Å². The summed E-state index contributed by atoms with van der Waals surface area (Å²) in [5.41, 5.74) is 3.46. The first-order chi connectivity index (χ1) is 8.66. The Morgan fingerprint density at radius 3 is 2.89 bits per heavy atom. The molecule has 0 aliphatic heterocycles. The van der Waals surface area contributed by atoms with E-state index < -0.39 is 5.97 Å². The first kappa shape index (κ1) is 13.2. The molecule has 1 heterocycles. The lowest BCUT2D eigenvalue weighted by Gasteiger charge is -2.03. The molecule has 1 N–H and O–H groups in total. The number of carboxylic acids is 1. The highest BCUT2D eigenvalue weighted by molar-refractivity contribution is 7.97. The zero-order valence-electron chi connectivity index (χ0n) is 10.1. The second-order valence-electron chi connectivity index (χ2n) is 4.06. The lowest BCUT2D eigenvalue weighted by atomic mass is 10.2. The summed E-state index contributed by atoms with van der Waals surface area (Å²) in [6, 6.07) is 10.3. The molecule has 0 saturated heterocycles. The number of hydrogen-bond donors (Lipinski definition) is 1. The van der Waals surface area contributed by atoms with Crippen LogP contribution in [0, 0.1) is 6.92 Å². The Bertz CT molecular complexity index is 546. The van der Waals surface area contributed by atoms with E-state index in [1.165, 1.54) is 22.5 Å². The van der Waals surface area contributed by atoms with Crippen molar-refractivity contribution >= 4 is 29.1 Å². The van der Waals surface area contributed by atoms with E-state index in [0.717, 1.165) is 17.1 Å². The Balaban J connectivity index is 1.92. The molecule has 0 bridgehead atoms. The van der Waals surface area contributed by atoms with Crippen LogP contribution in [0.2, 0.25) is 0 Å². The fourth-order valence-corrected chi connectivity index (χ4v) is 3.55. The van der Waals surface area contributed by atoms with Gasteiger partial charge in [0.05, 0.1) is 0 Å². The highest BCUT2D eigenvalue weighted by atomic mass is 32.2. The lowest BCUT2D eigenvalue weighted by Crippen LogP contribution is -1.96. The van der Waals surface area contributed by atoms with E-state index in [9.17, 15) is 4.79 Å². The number of thiophene rings is 1. The zero-order valence-corrected chi connectivity index (χ0v) is 11.7. The number of aryl methyl sites for hydroxylation is 1. The second-order valence-corrected chi connectivity index (χ2v) is 5.96. The summed E-state index contributed by atoms with van der Waals surface area (Å²) in [6.07, 6.45) is 0. The monoisotopic (exact) mass is 278 g/mol. The summed E-state index contributed by atoms with van der Waals surface area (Å²) in [4.78, 5) is 11.4. The first-order valence-corrected chi connectivity index (χ1v) is 7.63. The molecule has 2 aromatic rings. The van der Waals surface area contributed by atoms with Gasteiger partial charge in [-0.05, 0) is 29.5 Å². The predicted octanol–water partition coefficient (Wildman–Crippen LogP) is 4.19. The van der Waals surface area contributed by atoms with Gasteiger partial charge in [0.15, 0.2) is 0 Å². The molecule has 0 aliphatic carbocycles. The van der Waals surface area contributed by atoms with Crippen LogP contribution in [0.15, 0.2) is 35.7 Å². The smallest absolute Gasteiger partial charge is 0.346 e. The molecule has 4 heteroatoms. The van der Waals surface area contributed by atoms with E-state index in [2.05, 4.69) is 31.2 Å². The van der Waals surface area contributed by atoms with Crippen molar-refractivity contribution in [3.05, 3.63) is 57.3 Å². The van der Waals surface area contributed by atoms with E-state index in [0.29, 0.717) is 4.88 Å². The number of rotatable bonds is 5. The third kappa shape index (κ3) is 3.37. The van der Waals surface area contributed by atoms with Crippen molar-refractivity contribution < 1.29 is 9.90 Å². The minimum atomic E-state index is -0.823. The van der Waals surface area contributed by atoms with Crippen LogP contribution in [0.1, 0.15) is 26.4 Å². The van der Waals surface area contributed by atoms with Crippen LogP contribution in [0.4, 0.5) is 0 Å². The highest BCUT2D eigenvalue weighted by Gasteiger charge is 2.11. The lowest BCUT2D eigenvalue weighted by molar-refractivity contribution is 0.0701. The van der Waals surface area contributed by atoms with Gasteiger partial charge in [0.2, 0.25) is 0 Å². The van der Waals surface area contributed by atoms with Crippen LogP contribution in [-0.2, 0) is 11.5 Å². The van der Waals surface area contributed by atoms with Crippen LogP contribution in [-0.4, -0.2) is 11.1 Å². The molecule has 0 fully saturated rings. The van der Waals surface area contributed by atoms with Crippen LogP contribution < -0.4 is 0 Å². The average Bonchev–Trinajstić information content (AvgIpc) is 2.77. The second kappa shape index (κ2) is 6.07. The molecule has 18 heavy (non-hydrogen) atoms. The Morgan fingerprint density at radius 2 is 2.17 bits per heavy atom. The normalized spacial score (nSPS) is 10.5. The predicted molar refractivity (Wildman–Crippen MR) is 77.5 cm³/mol. The van der Waals surface area contributed by atoms with Crippen molar-refractivity contribution in [3.63, 3.8) is 0 Å². The molecule has 0 saturated carbocycles. The van der Waals surface area contributed by atoms with Gasteiger partial charge in [0, 0.05) is 11.5 Å². The summed E-state index contributed by atoms with van der Waals surface area (Å²) in [5.74, 6) is 0.839. The first-order valence-electron chi connectivity index (χ1n) is 5.60. The topological polar surface area (TPSA) is 37.3 Å². The summed E-state index contributed by atoms with van der Waals surface area (Å²) in [6.45, 7) is 2.08. The fourth-order valence-electron chi connectivity index (χ4n) is 1.72. The number of benzene rings is 1. The van der Waals surface area contributed by atoms with Gasteiger partial charge in [-0.25, -0.2) is 4.79 Å². The van der Waals surface area contributed by atoms with Crippen molar-refractivity contribution in [2.45, 2.75) is 18.4 Å². The van der Waals surface area contributed by atoms with Crippen LogP contribution >= 0.6 is 23.1 Å². The molecule has 2 rings (SSSR count). The maximum absolute atomic E-state index is 11.0. The SMILES string of the molecule is Cc1cccc(CSCc2ccsc2C(=O)O)c1. The van der Waals surface area contributed by atoms with Gasteiger partial charge in [-0.15, -0.1) is 11.3 Å². The van der Waals surface area contributed by atoms with Crippen LogP contribution in [0.5, 0.6) is 0 Å². The van der Waals surface area contributed by atoms with Gasteiger partial charge in [-0.3, -0.25) is 0 Å². The van der Waals surface area contributed by atoms with Crippen molar-refractivity contribution in [2.24, 2.45) is 0 Å². The van der Waals surface area contributed by atoms with Gasteiger partial charge in [0.25, 0.3) is 0 Å². The molecule has 1 aromatic carbocycles. The van der Waals surface area contributed by atoms with Gasteiger partial charge in [0.1, 0.15) is 4.88 Å². The largest absolute Gasteiger partial charge is 0.477 e. The molecule has 0 amide bonds. The summed E-state index contributed by atoms with van der Waals surface area (Å²) >= 11 is 3.04. The third-order valence-electron chi connectivity index (χ3n) is 2.55. The molecule has 94 valence electrons. The zero-order chi connectivity index (χ0) is 13.0. The molecule has 0 atom stereocenters. The molecular weight excluding hydrogens is 264 g/mol. The standard InChI is InChI=1S/C14H14O2S2/c1-10-3-2-4-11(7-10)8-17-9-12-5-6-18-13(12)14(15)16/h2-7H,8-9H2,1H3,(H,15,16). The summed E-state index contributed by atoms with van der Waals surface area (Å²) < 4.78 is 0. The molecular formula is C14H14O2S2. The number of carboxylic acid groups (broad SMARTS) is 1. The minimum Gasteiger partial charge on any atom is -0.477 e. The average molecular weight is 278 g/mol. The molecule has 0 unspecified atom stereocenters. The fraction of sp³-hybridized carbons (Fsp3) is 0.214. The Hall–Kier alpha value is -1.26. The van der Waals surface area contributed by atoms with Crippen molar-refractivity contribution in [2.75, 3.05) is 0 Å². The van der Waals surface area contributed by atoms with E-state index in [1.807, 2.05) is 11.4 Å². The number of hydrogen-bond acceptors (Lipinski definition) is 3. The quantitative estimate of drug-likeness (QED) is 0.891. The van der Waals surface area contributed by atoms with E-state index in [-0.39, 0.29) is 0 Å². The molecule has 0 aliphatic rings. The Kier molecular flexibility index (Phi) is 4.44. The van der Waals surface area contributed by atoms with Gasteiger partial charge in [-0.1, -0.05) is 29.8 Å². The van der Waals surface area contributed by atoms with Crippen LogP contribution in [0.25, 0.3) is 0 Å². The minimum absolute atomic E-state index is 0.465. The van der Waals surface area contributed by atoms with E-state index in [4.69, 9.17) is 5.11 Å². The van der Waals surface area contributed by atoms with Crippen molar-refractivity contribution in [1.29, 1.82) is 0 Å². The number of aromatic carboxylic acids is 1. The highest BCUT2D eigenvalue weighted by Crippen LogP contribution is 2.24. The molecule has 0 radical (unpaired) electrons. The third-order valence-corrected chi connectivity index (χ3v) is 4.55. The van der Waals surface area contributed by atoms with Gasteiger partial charge >= 0.3 is 5.97 Å². The maximum Gasteiger partial charge on any atom is 0.346 e. The maximum atomic E-state index is 11.0. The molecule has 0 spiro atoms. The number of carbonyl (C=O) groups is 1. The van der Waals surface area contributed by atoms with Crippen molar-refractivity contribution in [1.82, 2.24) is 0 Å². The van der Waals surface area contributed by atoms with Gasteiger partial charge in [-0.2, -0.15) is 11.8 Å². The molecule has 2 nitrogen and oxygen atoms in total. The van der Waals surface area contributed by atoms with Crippen LogP contribution in [0.3, 0.4) is 0 Å². The summed E-state index contributed by atoms with van der Waals surface area (Å²) in [7, 11) is 0. The van der Waals surface area contributed by atoms with E-state index >= 15 is 0 Å². The Morgan fingerprint density at radius 1 is 1.33 bits per heavy atom. The van der Waals surface area contributed by atoms with E-state index in [1.54, 1.807) is 11.8 Å². The number of thioether (sulfide) groups is 1. The molecule has 1 aromatic heterocycles. The Labute approximate surface area is 115 Å². The summed E-state index contributed by atoms with van der Waals surface area (Å²) in [5, 5.41) is 10.8. The van der Waals surface area contributed by atoms with Gasteiger partial charge < -0.3 is 5.11 Å².